The zero-order valence-electron chi connectivity index (χ0n) is 20.9. The SMILES string of the molecule is CC(C)(C)COc1c(/C=C/c2nc3ccccn3c2C(=O)Nc2nc(C(F)(F)F)cs2)cccc1OC(F)F. The molecule has 4 rings (SSSR count). The van der Waals surface area contributed by atoms with E-state index >= 15 is 0 Å². The van der Waals surface area contributed by atoms with Crippen molar-refractivity contribution in [3.05, 3.63) is 70.6 Å². The number of hydrogen-bond acceptors (Lipinski definition) is 6. The van der Waals surface area contributed by atoms with Crippen LogP contribution >= 0.6 is 11.3 Å². The maximum Gasteiger partial charge on any atom is 0.434 e. The minimum atomic E-state index is -4.65. The van der Waals surface area contributed by atoms with E-state index in [0.717, 1.165) is 5.38 Å². The van der Waals surface area contributed by atoms with Gasteiger partial charge >= 0.3 is 12.8 Å². The molecule has 39 heavy (non-hydrogen) atoms. The molecule has 3 aromatic heterocycles. The van der Waals surface area contributed by atoms with E-state index in [2.05, 4.69) is 20.0 Å². The van der Waals surface area contributed by atoms with Crippen molar-refractivity contribution in [3.8, 4) is 11.5 Å². The maximum atomic E-state index is 13.2. The van der Waals surface area contributed by atoms with Gasteiger partial charge in [-0.05, 0) is 35.8 Å². The van der Waals surface area contributed by atoms with Crippen LogP contribution in [-0.4, -0.2) is 33.5 Å². The second-order valence-electron chi connectivity index (χ2n) is 9.50. The number of anilines is 1. The van der Waals surface area contributed by atoms with Crippen molar-refractivity contribution in [2.24, 2.45) is 5.41 Å². The standard InChI is InChI=1S/C26H23F5N4O3S/c1-25(2,3)14-37-21-15(7-6-8-17(21)38-23(27)28)10-11-16-20(35-12-5-4-9-19(35)32-16)22(36)34-24-33-18(13-39-24)26(29,30)31/h4-13,23H,14H2,1-3H3,(H,33,34,36)/b11-10+. The average molecular weight is 567 g/mol. The van der Waals surface area contributed by atoms with Crippen LogP contribution in [0.3, 0.4) is 0 Å². The van der Waals surface area contributed by atoms with E-state index in [1.165, 1.54) is 28.7 Å². The van der Waals surface area contributed by atoms with Gasteiger partial charge in [0.25, 0.3) is 5.91 Å². The number of hydrogen-bond donors (Lipinski definition) is 1. The van der Waals surface area contributed by atoms with Crippen LogP contribution in [0.25, 0.3) is 17.8 Å². The van der Waals surface area contributed by atoms with Crippen molar-refractivity contribution >= 4 is 40.2 Å². The van der Waals surface area contributed by atoms with Crippen LogP contribution in [0.1, 0.15) is 48.2 Å². The van der Waals surface area contributed by atoms with E-state index in [4.69, 9.17) is 4.74 Å². The summed E-state index contributed by atoms with van der Waals surface area (Å²) in [7, 11) is 0. The summed E-state index contributed by atoms with van der Waals surface area (Å²) in [5.41, 5.74) is -0.411. The normalized spacial score (nSPS) is 12.4. The average Bonchev–Trinajstić information content (AvgIpc) is 3.45. The number of carbonyl (C=O) groups excluding carboxylic acids is 1. The van der Waals surface area contributed by atoms with Crippen molar-refractivity contribution in [2.45, 2.75) is 33.6 Å². The summed E-state index contributed by atoms with van der Waals surface area (Å²) in [6, 6.07) is 9.50. The molecule has 0 aliphatic carbocycles. The first-order chi connectivity index (χ1) is 18.3. The third kappa shape index (κ3) is 6.91. The molecule has 0 saturated carbocycles. The fraction of sp³-hybridized carbons (Fsp3) is 0.269. The van der Waals surface area contributed by atoms with Crippen molar-refractivity contribution in [1.29, 1.82) is 0 Å². The lowest BCUT2D eigenvalue weighted by molar-refractivity contribution is -0.140. The van der Waals surface area contributed by atoms with Gasteiger partial charge in [0.05, 0.1) is 12.3 Å². The highest BCUT2D eigenvalue weighted by atomic mass is 32.1. The van der Waals surface area contributed by atoms with Gasteiger partial charge in [-0.3, -0.25) is 14.5 Å². The monoisotopic (exact) mass is 566 g/mol. The van der Waals surface area contributed by atoms with Crippen molar-refractivity contribution in [1.82, 2.24) is 14.4 Å². The Morgan fingerprint density at radius 1 is 1.10 bits per heavy atom. The van der Waals surface area contributed by atoms with E-state index in [0.29, 0.717) is 22.5 Å². The molecule has 0 aliphatic rings. The predicted octanol–water partition coefficient (Wildman–Crippen LogP) is 7.26. The van der Waals surface area contributed by atoms with Gasteiger partial charge in [0, 0.05) is 17.1 Å². The molecular weight excluding hydrogens is 543 g/mol. The quantitative estimate of drug-likeness (QED) is 0.227. The molecule has 1 amide bonds. The molecule has 1 aromatic carbocycles. The fourth-order valence-corrected chi connectivity index (χ4v) is 4.15. The number of ether oxygens (including phenoxy) is 2. The Labute approximate surface area is 223 Å². The number of nitrogens with one attached hydrogen (secondary N) is 1. The Hall–Kier alpha value is -4.00. The lowest BCUT2D eigenvalue weighted by Crippen LogP contribution is -2.18. The number of rotatable bonds is 8. The minimum Gasteiger partial charge on any atom is -0.489 e. The number of nitrogens with zero attached hydrogens (tertiary/aromatic N) is 3. The number of carbonyl (C=O) groups is 1. The summed E-state index contributed by atoms with van der Waals surface area (Å²) in [6.07, 6.45) is -0.0606. The van der Waals surface area contributed by atoms with Crippen LogP contribution in [0.4, 0.5) is 27.1 Å². The molecule has 0 atom stereocenters. The zero-order valence-corrected chi connectivity index (χ0v) is 21.7. The number of thiazole rings is 1. The first-order valence-corrected chi connectivity index (χ1v) is 12.4. The van der Waals surface area contributed by atoms with Gasteiger partial charge in [-0.2, -0.15) is 22.0 Å². The van der Waals surface area contributed by atoms with Gasteiger partial charge in [0.15, 0.2) is 22.3 Å². The molecule has 4 aromatic rings. The Bertz CT molecular complexity index is 1510. The molecule has 206 valence electrons. The highest BCUT2D eigenvalue weighted by Crippen LogP contribution is 2.35. The number of alkyl halides is 5. The minimum absolute atomic E-state index is 0.0303. The topological polar surface area (TPSA) is 77.8 Å². The first-order valence-electron chi connectivity index (χ1n) is 11.5. The number of aromatic nitrogens is 3. The van der Waals surface area contributed by atoms with Gasteiger partial charge in [-0.1, -0.05) is 39.0 Å². The predicted molar refractivity (Wildman–Crippen MR) is 137 cm³/mol. The van der Waals surface area contributed by atoms with Crippen LogP contribution in [0.15, 0.2) is 48.0 Å². The largest absolute Gasteiger partial charge is 0.489 e. The fourth-order valence-electron chi connectivity index (χ4n) is 3.44. The molecule has 0 spiro atoms. The molecule has 0 fully saturated rings. The van der Waals surface area contributed by atoms with Crippen LogP contribution in [0.2, 0.25) is 0 Å². The Morgan fingerprint density at radius 2 is 1.87 bits per heavy atom. The van der Waals surface area contributed by atoms with Gasteiger partial charge in [-0.25, -0.2) is 9.97 Å². The van der Waals surface area contributed by atoms with Gasteiger partial charge < -0.3 is 9.47 Å². The molecule has 0 bridgehead atoms. The van der Waals surface area contributed by atoms with Gasteiger partial charge in [0.2, 0.25) is 0 Å². The molecule has 0 aliphatic heterocycles. The van der Waals surface area contributed by atoms with Crippen LogP contribution in [0, 0.1) is 5.41 Å². The number of pyridine rings is 1. The third-order valence-electron chi connectivity index (χ3n) is 5.08. The number of benzene rings is 1. The summed E-state index contributed by atoms with van der Waals surface area (Å²) in [5.74, 6) is -0.815. The summed E-state index contributed by atoms with van der Waals surface area (Å²) < 4.78 is 76.9. The summed E-state index contributed by atoms with van der Waals surface area (Å²) in [4.78, 5) is 21.1. The Kier molecular flexibility index (Phi) is 7.91. The molecule has 1 N–H and O–H groups in total. The van der Waals surface area contributed by atoms with E-state index < -0.39 is 24.4 Å². The van der Waals surface area contributed by atoms with E-state index in [1.807, 2.05) is 20.8 Å². The molecule has 0 radical (unpaired) electrons. The number of para-hydroxylation sites is 1. The van der Waals surface area contributed by atoms with E-state index in [-0.39, 0.29) is 40.0 Å². The summed E-state index contributed by atoms with van der Waals surface area (Å²) >= 11 is 0.637. The van der Waals surface area contributed by atoms with Gasteiger partial charge in [-0.15, -0.1) is 11.3 Å². The second kappa shape index (κ2) is 11.0. The summed E-state index contributed by atoms with van der Waals surface area (Å²) in [6.45, 7) is 2.88. The highest BCUT2D eigenvalue weighted by molar-refractivity contribution is 7.14. The molecule has 0 unspecified atom stereocenters. The number of amides is 1. The molecule has 13 heteroatoms. The van der Waals surface area contributed by atoms with E-state index in [9.17, 15) is 26.7 Å². The Morgan fingerprint density at radius 3 is 2.54 bits per heavy atom. The van der Waals surface area contributed by atoms with Crippen molar-refractivity contribution < 1.29 is 36.2 Å². The third-order valence-corrected chi connectivity index (χ3v) is 5.84. The van der Waals surface area contributed by atoms with Crippen molar-refractivity contribution in [2.75, 3.05) is 11.9 Å². The first kappa shape index (κ1) is 28.0. The molecular formula is C26H23F5N4O3S. The van der Waals surface area contributed by atoms with Crippen molar-refractivity contribution in [3.63, 3.8) is 0 Å². The smallest absolute Gasteiger partial charge is 0.434 e. The molecule has 7 nitrogen and oxygen atoms in total. The number of fused-ring (bicyclic) bond motifs is 1. The lowest BCUT2D eigenvalue weighted by Gasteiger charge is -2.21. The highest BCUT2D eigenvalue weighted by Gasteiger charge is 2.34. The number of halogens is 5. The van der Waals surface area contributed by atoms with Crippen LogP contribution < -0.4 is 14.8 Å². The van der Waals surface area contributed by atoms with Crippen LogP contribution in [-0.2, 0) is 6.18 Å². The lowest BCUT2D eigenvalue weighted by atomic mass is 9.98. The Balaban J connectivity index is 1.71. The van der Waals surface area contributed by atoms with Gasteiger partial charge in [0.1, 0.15) is 11.3 Å². The van der Waals surface area contributed by atoms with Crippen LogP contribution in [0.5, 0.6) is 11.5 Å². The molecule has 3 heterocycles. The molecule has 0 saturated heterocycles. The van der Waals surface area contributed by atoms with E-state index in [1.54, 1.807) is 30.5 Å². The number of imidazole rings is 1. The maximum absolute atomic E-state index is 13.2. The zero-order chi connectivity index (χ0) is 28.4. The summed E-state index contributed by atoms with van der Waals surface area (Å²) in [5, 5.41) is 2.96. The second-order valence-corrected chi connectivity index (χ2v) is 10.4.